The van der Waals surface area contributed by atoms with E-state index in [1.807, 2.05) is 0 Å². The Morgan fingerprint density at radius 1 is 0.952 bits per heavy atom. The lowest BCUT2D eigenvalue weighted by atomic mass is 9.97. The molecule has 0 amide bonds. The molecule has 6 heteroatoms. The summed E-state index contributed by atoms with van der Waals surface area (Å²) in [6, 6.07) is 5.13. The summed E-state index contributed by atoms with van der Waals surface area (Å²) in [6.07, 6.45) is 0. The third-order valence-electron chi connectivity index (χ3n) is 3.08. The Hall–Kier alpha value is -1.59. The van der Waals surface area contributed by atoms with Crippen molar-refractivity contribution in [3.05, 3.63) is 69.8 Å². The summed E-state index contributed by atoms with van der Waals surface area (Å²) < 4.78 is 53.9. The second kappa shape index (κ2) is 6.45. The second-order valence-corrected chi connectivity index (χ2v) is 4.78. The van der Waals surface area contributed by atoms with Gasteiger partial charge in [0.25, 0.3) is 0 Å². The fourth-order valence-electron chi connectivity index (χ4n) is 2.10. The molecule has 21 heavy (non-hydrogen) atoms. The van der Waals surface area contributed by atoms with Crippen molar-refractivity contribution in [1.29, 1.82) is 0 Å². The number of nitrogens with one attached hydrogen (secondary N) is 1. The van der Waals surface area contributed by atoms with E-state index in [1.54, 1.807) is 6.92 Å². The van der Waals surface area contributed by atoms with Crippen molar-refractivity contribution in [3.8, 4) is 0 Å². The van der Waals surface area contributed by atoms with Crippen molar-refractivity contribution in [3.63, 3.8) is 0 Å². The molecule has 0 saturated heterocycles. The zero-order valence-corrected chi connectivity index (χ0v) is 11.8. The molecule has 0 heterocycles. The largest absolute Gasteiger partial charge is 0.306 e. The van der Waals surface area contributed by atoms with Gasteiger partial charge in [0, 0.05) is 5.56 Å². The van der Waals surface area contributed by atoms with Crippen molar-refractivity contribution in [2.45, 2.75) is 13.0 Å². The van der Waals surface area contributed by atoms with E-state index in [4.69, 9.17) is 11.6 Å². The van der Waals surface area contributed by atoms with Crippen LogP contribution in [0, 0.1) is 23.3 Å². The van der Waals surface area contributed by atoms with Crippen molar-refractivity contribution in [2.24, 2.45) is 0 Å². The highest BCUT2D eigenvalue weighted by Gasteiger charge is 2.24. The third kappa shape index (κ3) is 3.04. The van der Waals surface area contributed by atoms with Gasteiger partial charge in [-0.3, -0.25) is 0 Å². The molecule has 1 unspecified atom stereocenters. The van der Waals surface area contributed by atoms with Crippen molar-refractivity contribution >= 4 is 11.6 Å². The van der Waals surface area contributed by atoms with E-state index < -0.39 is 29.3 Å². The smallest absolute Gasteiger partial charge is 0.194 e. The molecule has 0 radical (unpaired) electrons. The molecule has 1 N–H and O–H groups in total. The molecule has 0 aromatic heterocycles. The molecular formula is C15H12ClF4N. The fourth-order valence-corrected chi connectivity index (χ4v) is 2.33. The van der Waals surface area contributed by atoms with Gasteiger partial charge in [0.15, 0.2) is 17.5 Å². The fraction of sp³-hybridized carbons (Fsp3) is 0.200. The van der Waals surface area contributed by atoms with Crippen LogP contribution in [-0.2, 0) is 0 Å². The molecule has 2 aromatic carbocycles. The van der Waals surface area contributed by atoms with E-state index in [-0.39, 0.29) is 16.1 Å². The molecule has 0 saturated carbocycles. The van der Waals surface area contributed by atoms with Crippen LogP contribution in [0.3, 0.4) is 0 Å². The Kier molecular flexibility index (Phi) is 4.85. The minimum Gasteiger partial charge on any atom is -0.306 e. The molecule has 2 aromatic rings. The number of benzene rings is 2. The summed E-state index contributed by atoms with van der Waals surface area (Å²) in [5.74, 6) is -4.83. The normalized spacial score (nSPS) is 12.5. The summed E-state index contributed by atoms with van der Waals surface area (Å²) in [4.78, 5) is 0. The van der Waals surface area contributed by atoms with E-state index in [1.165, 1.54) is 12.1 Å². The third-order valence-corrected chi connectivity index (χ3v) is 3.48. The minimum atomic E-state index is -1.57. The molecule has 2 rings (SSSR count). The summed E-state index contributed by atoms with van der Waals surface area (Å²) in [7, 11) is 0. The van der Waals surface area contributed by atoms with Crippen LogP contribution in [0.2, 0.25) is 5.02 Å². The Labute approximate surface area is 124 Å². The molecule has 0 aliphatic heterocycles. The average Bonchev–Trinajstić information content (AvgIpc) is 2.46. The monoisotopic (exact) mass is 317 g/mol. The summed E-state index contributed by atoms with van der Waals surface area (Å²) in [5.41, 5.74) is 0.117. The van der Waals surface area contributed by atoms with Gasteiger partial charge in [0.1, 0.15) is 5.82 Å². The summed E-state index contributed by atoms with van der Waals surface area (Å²) in [5, 5.41) is 2.70. The van der Waals surface area contributed by atoms with Crippen LogP contribution in [0.15, 0.2) is 30.3 Å². The van der Waals surface area contributed by atoms with Gasteiger partial charge in [-0.05, 0) is 24.2 Å². The highest BCUT2D eigenvalue weighted by molar-refractivity contribution is 6.31. The highest BCUT2D eigenvalue weighted by atomic mass is 35.5. The van der Waals surface area contributed by atoms with Crippen LogP contribution < -0.4 is 5.32 Å². The molecule has 0 spiro atoms. The Balaban J connectivity index is 2.59. The van der Waals surface area contributed by atoms with Gasteiger partial charge in [-0.25, -0.2) is 17.6 Å². The quantitative estimate of drug-likeness (QED) is 0.642. The highest BCUT2D eigenvalue weighted by Crippen LogP contribution is 2.32. The molecule has 0 aliphatic rings. The predicted octanol–water partition coefficient (Wildman–Crippen LogP) is 4.60. The maximum atomic E-state index is 14.0. The standard InChI is InChI=1S/C15H12ClF4N/c1-2-21-15(8-4-3-5-10(17)12(8)16)9-6-7-11(18)14(20)13(9)19/h3-7,15,21H,2H2,1H3. The van der Waals surface area contributed by atoms with Gasteiger partial charge in [0.05, 0.1) is 11.1 Å². The van der Waals surface area contributed by atoms with Crippen LogP contribution in [0.4, 0.5) is 17.6 Å². The van der Waals surface area contributed by atoms with Crippen LogP contribution in [-0.4, -0.2) is 6.54 Å². The van der Waals surface area contributed by atoms with Gasteiger partial charge >= 0.3 is 0 Å². The van der Waals surface area contributed by atoms with E-state index in [0.29, 0.717) is 6.54 Å². The van der Waals surface area contributed by atoms with E-state index in [9.17, 15) is 17.6 Å². The molecule has 0 bridgehead atoms. The molecule has 0 aliphatic carbocycles. The molecule has 1 nitrogen and oxygen atoms in total. The zero-order chi connectivity index (χ0) is 15.6. The molecular weight excluding hydrogens is 306 g/mol. The van der Waals surface area contributed by atoms with Gasteiger partial charge in [-0.2, -0.15) is 0 Å². The van der Waals surface area contributed by atoms with Crippen LogP contribution in [0.25, 0.3) is 0 Å². The first kappa shape index (κ1) is 15.8. The second-order valence-electron chi connectivity index (χ2n) is 4.40. The SMILES string of the molecule is CCNC(c1ccc(F)c(F)c1F)c1cccc(F)c1Cl. The van der Waals surface area contributed by atoms with Gasteiger partial charge in [-0.1, -0.05) is 36.7 Å². The zero-order valence-electron chi connectivity index (χ0n) is 11.1. The van der Waals surface area contributed by atoms with Crippen molar-refractivity contribution in [2.75, 3.05) is 6.54 Å². The van der Waals surface area contributed by atoms with E-state index in [2.05, 4.69) is 5.32 Å². The Morgan fingerprint density at radius 2 is 1.67 bits per heavy atom. The first-order chi connectivity index (χ1) is 9.97. The van der Waals surface area contributed by atoms with E-state index >= 15 is 0 Å². The van der Waals surface area contributed by atoms with Crippen molar-refractivity contribution < 1.29 is 17.6 Å². The number of hydrogen-bond donors (Lipinski definition) is 1. The number of rotatable bonds is 4. The predicted molar refractivity (Wildman–Crippen MR) is 73.2 cm³/mol. The van der Waals surface area contributed by atoms with Gasteiger partial charge < -0.3 is 5.32 Å². The summed E-state index contributed by atoms with van der Waals surface area (Å²) in [6.45, 7) is 2.15. The molecule has 1 atom stereocenters. The van der Waals surface area contributed by atoms with Gasteiger partial charge in [0.2, 0.25) is 0 Å². The Bertz CT molecular complexity index is 660. The maximum Gasteiger partial charge on any atom is 0.194 e. The van der Waals surface area contributed by atoms with Crippen LogP contribution >= 0.6 is 11.6 Å². The lowest BCUT2D eigenvalue weighted by Gasteiger charge is -2.21. The number of hydrogen-bond acceptors (Lipinski definition) is 1. The molecule has 112 valence electrons. The first-order valence-corrected chi connectivity index (χ1v) is 6.65. The maximum absolute atomic E-state index is 14.0. The Morgan fingerprint density at radius 3 is 2.33 bits per heavy atom. The van der Waals surface area contributed by atoms with Crippen LogP contribution in [0.5, 0.6) is 0 Å². The van der Waals surface area contributed by atoms with Gasteiger partial charge in [-0.15, -0.1) is 0 Å². The number of halogens is 5. The first-order valence-electron chi connectivity index (χ1n) is 6.28. The molecule has 0 fully saturated rings. The van der Waals surface area contributed by atoms with Crippen LogP contribution in [0.1, 0.15) is 24.1 Å². The topological polar surface area (TPSA) is 12.0 Å². The minimum absolute atomic E-state index is 0.136. The van der Waals surface area contributed by atoms with E-state index in [0.717, 1.165) is 18.2 Å². The van der Waals surface area contributed by atoms with Crippen molar-refractivity contribution in [1.82, 2.24) is 5.32 Å². The average molecular weight is 318 g/mol. The lowest BCUT2D eigenvalue weighted by Crippen LogP contribution is -2.24. The lowest BCUT2D eigenvalue weighted by molar-refractivity contribution is 0.433. The summed E-state index contributed by atoms with van der Waals surface area (Å²) >= 11 is 5.89.